The summed E-state index contributed by atoms with van der Waals surface area (Å²) in [5.41, 5.74) is -3.84. The molecule has 8 atom stereocenters. The molecule has 1 aliphatic heterocycles. The van der Waals surface area contributed by atoms with E-state index in [0.29, 0.717) is 24.8 Å². The molecule has 0 radical (unpaired) electrons. The van der Waals surface area contributed by atoms with Crippen LogP contribution in [-0.4, -0.2) is 63.1 Å². The van der Waals surface area contributed by atoms with Gasteiger partial charge in [0.25, 0.3) is 0 Å². The fourth-order valence-electron chi connectivity index (χ4n) is 9.32. The van der Waals surface area contributed by atoms with Gasteiger partial charge in [0.2, 0.25) is 0 Å². The van der Waals surface area contributed by atoms with E-state index in [1.807, 2.05) is 6.92 Å². The van der Waals surface area contributed by atoms with Gasteiger partial charge >= 0.3 is 11.9 Å². The van der Waals surface area contributed by atoms with Crippen molar-refractivity contribution in [2.45, 2.75) is 96.6 Å². The second kappa shape index (κ2) is 8.37. The monoisotopic (exact) mass is 540 g/mol. The van der Waals surface area contributed by atoms with E-state index in [0.717, 1.165) is 19.3 Å². The first-order chi connectivity index (χ1) is 18.3. The van der Waals surface area contributed by atoms with Crippen LogP contribution in [0.2, 0.25) is 0 Å². The van der Waals surface area contributed by atoms with Gasteiger partial charge in [-0.05, 0) is 80.3 Å². The maximum absolute atomic E-state index is 14.5. The molecule has 8 nitrogen and oxygen atoms in total. The molecule has 0 aromatic rings. The number of Topliss-reactive ketones (excluding diaryl/α,β-unsaturated/α-hetero) is 1. The smallest absolute Gasteiger partial charge is 0.339 e. The summed E-state index contributed by atoms with van der Waals surface area (Å²) < 4.78 is 11.8. The first-order valence-corrected chi connectivity index (χ1v) is 14.4. The highest BCUT2D eigenvalue weighted by atomic mass is 16.6. The third-order valence-corrected chi connectivity index (χ3v) is 11.4. The highest BCUT2D eigenvalue weighted by Gasteiger charge is 2.76. The van der Waals surface area contributed by atoms with Crippen LogP contribution in [0.25, 0.3) is 0 Å². The summed E-state index contributed by atoms with van der Waals surface area (Å²) in [6.45, 7) is 8.93. The molecule has 2 bridgehead atoms. The molecule has 0 saturated heterocycles. The normalized spacial score (nSPS) is 43.6. The Kier molecular flexibility index (Phi) is 5.77. The van der Waals surface area contributed by atoms with Crippen LogP contribution in [0, 0.1) is 34.5 Å². The summed E-state index contributed by atoms with van der Waals surface area (Å²) in [6, 6.07) is 0. The average Bonchev–Trinajstić information content (AvgIpc) is 3.26. The molecule has 6 aliphatic rings. The number of hydrogen-bond acceptors (Lipinski definition) is 8. The van der Waals surface area contributed by atoms with E-state index < -0.39 is 53.3 Å². The standard InChI is InChI=1S/C31H40O8/c1-15-13-30-16(2)11-20-22(28(20,4)5)19(24(30)34)12-18(14-32)23(33)31(30,37)25(15)38-27(36)21-17(3)26(35)39-29(21)9-7-6-8-10-29/h12-13,16,19-20,22-23,25,32-33,37H,6-11,14H2,1-5H3/t16-,19+,20-,22+,23-,25+,30+,31+/m1/s1. The molecule has 2 spiro atoms. The van der Waals surface area contributed by atoms with Gasteiger partial charge in [0.1, 0.15) is 11.7 Å². The highest BCUT2D eigenvalue weighted by molar-refractivity contribution is 6.05. The molecular formula is C31H40O8. The molecule has 0 aromatic heterocycles. The third-order valence-electron chi connectivity index (χ3n) is 11.4. The zero-order valence-corrected chi connectivity index (χ0v) is 23.5. The molecule has 0 aromatic carbocycles. The van der Waals surface area contributed by atoms with Crippen molar-refractivity contribution >= 4 is 17.7 Å². The molecule has 5 aliphatic carbocycles. The van der Waals surface area contributed by atoms with E-state index in [2.05, 4.69) is 13.8 Å². The molecule has 212 valence electrons. The quantitative estimate of drug-likeness (QED) is 0.368. The zero-order chi connectivity index (χ0) is 28.3. The van der Waals surface area contributed by atoms with Gasteiger partial charge in [-0.25, -0.2) is 9.59 Å². The van der Waals surface area contributed by atoms with Crippen LogP contribution < -0.4 is 0 Å². The first kappa shape index (κ1) is 26.9. The number of carbonyl (C=O) groups is 3. The molecule has 6 rings (SSSR count). The summed E-state index contributed by atoms with van der Waals surface area (Å²) >= 11 is 0. The molecule has 39 heavy (non-hydrogen) atoms. The van der Waals surface area contributed by atoms with Crippen LogP contribution in [0.5, 0.6) is 0 Å². The Morgan fingerprint density at radius 3 is 2.46 bits per heavy atom. The van der Waals surface area contributed by atoms with Crippen molar-refractivity contribution in [1.82, 2.24) is 0 Å². The molecule has 8 heteroatoms. The lowest BCUT2D eigenvalue weighted by Crippen LogP contribution is -2.66. The number of esters is 2. The van der Waals surface area contributed by atoms with Crippen molar-refractivity contribution in [2.24, 2.45) is 34.5 Å². The number of rotatable bonds is 3. The molecular weight excluding hydrogens is 500 g/mol. The number of carbonyl (C=O) groups excluding carboxylic acids is 3. The number of allylic oxidation sites excluding steroid dienone is 1. The zero-order valence-electron chi connectivity index (χ0n) is 23.5. The maximum atomic E-state index is 14.5. The van der Waals surface area contributed by atoms with Crippen LogP contribution in [0.4, 0.5) is 0 Å². The second-order valence-corrected chi connectivity index (χ2v) is 13.6. The Bertz CT molecular complexity index is 1250. The third kappa shape index (κ3) is 3.19. The lowest BCUT2D eigenvalue weighted by atomic mass is 9.59. The second-order valence-electron chi connectivity index (χ2n) is 13.6. The van der Waals surface area contributed by atoms with Crippen LogP contribution in [-0.2, 0) is 23.9 Å². The number of aliphatic hydroxyl groups is 3. The lowest BCUT2D eigenvalue weighted by Gasteiger charge is -2.49. The van der Waals surface area contributed by atoms with Gasteiger partial charge in [0.05, 0.1) is 17.6 Å². The van der Waals surface area contributed by atoms with E-state index in [1.165, 1.54) is 0 Å². The number of ether oxygens (including phenoxy) is 2. The van der Waals surface area contributed by atoms with Gasteiger partial charge in [0.15, 0.2) is 17.5 Å². The largest absolute Gasteiger partial charge is 0.451 e. The minimum absolute atomic E-state index is 0.0406. The van der Waals surface area contributed by atoms with Crippen molar-refractivity contribution in [2.75, 3.05) is 6.61 Å². The predicted molar refractivity (Wildman–Crippen MR) is 140 cm³/mol. The van der Waals surface area contributed by atoms with E-state index in [-0.39, 0.29) is 45.7 Å². The van der Waals surface area contributed by atoms with Crippen LogP contribution >= 0.6 is 0 Å². The van der Waals surface area contributed by atoms with Crippen molar-refractivity contribution < 1.29 is 39.2 Å². The first-order valence-electron chi connectivity index (χ1n) is 14.4. The number of aliphatic hydroxyl groups excluding tert-OH is 2. The van der Waals surface area contributed by atoms with Crippen LogP contribution in [0.1, 0.15) is 73.1 Å². The van der Waals surface area contributed by atoms with Gasteiger partial charge < -0.3 is 24.8 Å². The summed E-state index contributed by atoms with van der Waals surface area (Å²) in [7, 11) is 0. The molecule has 0 amide bonds. The average molecular weight is 541 g/mol. The van der Waals surface area contributed by atoms with Gasteiger partial charge in [-0.2, -0.15) is 0 Å². The minimum Gasteiger partial charge on any atom is -0.451 e. The fourth-order valence-corrected chi connectivity index (χ4v) is 9.32. The predicted octanol–water partition coefficient (Wildman–Crippen LogP) is 2.94. The maximum Gasteiger partial charge on any atom is 0.339 e. The molecule has 0 unspecified atom stereocenters. The van der Waals surface area contributed by atoms with Crippen LogP contribution in [0.3, 0.4) is 0 Å². The molecule has 3 N–H and O–H groups in total. The van der Waals surface area contributed by atoms with Gasteiger partial charge in [-0.3, -0.25) is 4.79 Å². The van der Waals surface area contributed by atoms with E-state index in [9.17, 15) is 29.7 Å². The van der Waals surface area contributed by atoms with Crippen molar-refractivity contribution in [1.29, 1.82) is 0 Å². The Balaban J connectivity index is 1.44. The van der Waals surface area contributed by atoms with Crippen molar-refractivity contribution in [3.8, 4) is 0 Å². The number of ketones is 1. The van der Waals surface area contributed by atoms with Crippen LogP contribution in [0.15, 0.2) is 34.4 Å². The Morgan fingerprint density at radius 2 is 1.82 bits per heavy atom. The SMILES string of the molecule is CC1=C[C@]23C(=O)[C@@H](C=C(CO)[C@@H](O)[C@]2(O)[C@H]1OC(=O)C1=C(C)C(=O)OC12CCCCC2)[C@H]1[C@@H](C[C@H]3C)C1(C)C. The number of fused-ring (bicyclic) bond motifs is 3. The van der Waals surface area contributed by atoms with Crippen molar-refractivity contribution in [3.63, 3.8) is 0 Å². The summed E-state index contributed by atoms with van der Waals surface area (Å²) in [5, 5.41) is 34.7. The van der Waals surface area contributed by atoms with Crippen molar-refractivity contribution in [3.05, 3.63) is 34.4 Å². The molecule has 1 heterocycles. The lowest BCUT2D eigenvalue weighted by molar-refractivity contribution is -0.202. The Labute approximate surface area is 229 Å². The van der Waals surface area contributed by atoms with Gasteiger partial charge in [-0.1, -0.05) is 39.3 Å². The summed E-state index contributed by atoms with van der Waals surface area (Å²) in [5.74, 6) is -2.15. The fraction of sp³-hybridized carbons (Fsp3) is 0.710. The highest BCUT2D eigenvalue weighted by Crippen LogP contribution is 2.71. The number of hydrogen-bond donors (Lipinski definition) is 3. The Morgan fingerprint density at radius 1 is 1.15 bits per heavy atom. The molecule has 3 saturated carbocycles. The van der Waals surface area contributed by atoms with Gasteiger partial charge in [0, 0.05) is 11.5 Å². The van der Waals surface area contributed by atoms with E-state index in [4.69, 9.17) is 9.47 Å². The minimum atomic E-state index is -2.22. The van der Waals surface area contributed by atoms with E-state index >= 15 is 0 Å². The van der Waals surface area contributed by atoms with E-state index in [1.54, 1.807) is 26.0 Å². The summed E-state index contributed by atoms with van der Waals surface area (Å²) in [6.07, 6.45) is 4.70. The Hall–Kier alpha value is -2.29. The topological polar surface area (TPSA) is 130 Å². The molecule has 3 fully saturated rings. The summed E-state index contributed by atoms with van der Waals surface area (Å²) in [4.78, 5) is 41.0. The van der Waals surface area contributed by atoms with Gasteiger partial charge in [-0.15, -0.1) is 0 Å².